The zero-order chi connectivity index (χ0) is 21.8. The van der Waals surface area contributed by atoms with Crippen molar-refractivity contribution in [1.29, 1.82) is 0 Å². The number of fused-ring (bicyclic) bond motifs is 1. The van der Waals surface area contributed by atoms with E-state index in [1.165, 1.54) is 30.7 Å². The Morgan fingerprint density at radius 3 is 2.65 bits per heavy atom. The van der Waals surface area contributed by atoms with Gasteiger partial charge in [0.2, 0.25) is 5.91 Å². The average Bonchev–Trinajstić information content (AvgIpc) is 3.26. The predicted octanol–water partition coefficient (Wildman–Crippen LogP) is 3.23. The summed E-state index contributed by atoms with van der Waals surface area (Å²) in [6.45, 7) is 1.10. The number of methoxy groups -OCH3 is 2. The highest BCUT2D eigenvalue weighted by atomic mass is 16.5. The Morgan fingerprint density at radius 1 is 1.10 bits per heavy atom. The molecule has 0 radical (unpaired) electrons. The van der Waals surface area contributed by atoms with Gasteiger partial charge in [-0.05, 0) is 36.3 Å². The van der Waals surface area contributed by atoms with Crippen molar-refractivity contribution in [3.05, 3.63) is 65.9 Å². The minimum atomic E-state index is -0.332. The standard InChI is InChI=1S/C24H25N3O4/c1-30-21-8-7-17(13-22(21)31-2)24(29)26-15-23(28)27-11-9-16(10-12-27)19-14-25-20-6-4-3-5-18(19)20/h3-9,13-14,25H,10-12,15H2,1-2H3,(H,26,29). The summed E-state index contributed by atoms with van der Waals surface area (Å²) in [5, 5.41) is 3.89. The molecular formula is C24H25N3O4. The monoisotopic (exact) mass is 419 g/mol. The summed E-state index contributed by atoms with van der Waals surface area (Å²) in [5.74, 6) is 0.568. The second-order valence-electron chi connectivity index (χ2n) is 7.32. The van der Waals surface area contributed by atoms with Crippen LogP contribution in [0.3, 0.4) is 0 Å². The number of nitrogens with zero attached hydrogens (tertiary/aromatic N) is 1. The number of amides is 2. The van der Waals surface area contributed by atoms with Gasteiger partial charge in [-0.15, -0.1) is 0 Å². The minimum Gasteiger partial charge on any atom is -0.493 e. The van der Waals surface area contributed by atoms with E-state index in [-0.39, 0.29) is 18.4 Å². The quantitative estimate of drug-likeness (QED) is 0.643. The lowest BCUT2D eigenvalue weighted by molar-refractivity contribution is -0.129. The van der Waals surface area contributed by atoms with Gasteiger partial charge in [0.25, 0.3) is 5.91 Å². The number of nitrogens with one attached hydrogen (secondary N) is 2. The average molecular weight is 419 g/mol. The van der Waals surface area contributed by atoms with Crippen molar-refractivity contribution in [3.63, 3.8) is 0 Å². The number of hydrogen-bond acceptors (Lipinski definition) is 4. The minimum absolute atomic E-state index is 0.0521. The van der Waals surface area contributed by atoms with E-state index in [1.54, 1.807) is 23.1 Å². The van der Waals surface area contributed by atoms with Crippen LogP contribution in [0, 0.1) is 0 Å². The molecule has 0 bridgehead atoms. The summed E-state index contributed by atoms with van der Waals surface area (Å²) in [5.41, 5.74) is 3.93. The number of para-hydroxylation sites is 1. The van der Waals surface area contributed by atoms with Gasteiger partial charge in [-0.1, -0.05) is 24.3 Å². The molecule has 160 valence electrons. The topological polar surface area (TPSA) is 83.7 Å². The van der Waals surface area contributed by atoms with Crippen LogP contribution in [0.2, 0.25) is 0 Å². The number of carbonyl (C=O) groups excluding carboxylic acids is 2. The Balaban J connectivity index is 1.35. The first kappa shape index (κ1) is 20.5. The largest absolute Gasteiger partial charge is 0.493 e. The maximum atomic E-state index is 12.6. The maximum Gasteiger partial charge on any atom is 0.251 e. The molecule has 7 nitrogen and oxygen atoms in total. The molecule has 31 heavy (non-hydrogen) atoms. The second kappa shape index (κ2) is 8.95. The van der Waals surface area contributed by atoms with Crippen LogP contribution in [0.5, 0.6) is 11.5 Å². The van der Waals surface area contributed by atoms with Crippen molar-refractivity contribution in [1.82, 2.24) is 15.2 Å². The molecule has 0 spiro atoms. The number of aromatic amines is 1. The lowest BCUT2D eigenvalue weighted by atomic mass is 9.99. The molecule has 0 saturated carbocycles. The van der Waals surface area contributed by atoms with Crippen molar-refractivity contribution in [2.24, 2.45) is 0 Å². The van der Waals surface area contributed by atoms with Gasteiger partial charge in [-0.25, -0.2) is 0 Å². The SMILES string of the molecule is COc1ccc(C(=O)NCC(=O)N2CC=C(c3c[nH]c4ccccc34)CC2)cc1OC. The molecule has 7 heteroatoms. The first-order chi connectivity index (χ1) is 15.1. The van der Waals surface area contributed by atoms with Gasteiger partial charge in [0, 0.05) is 41.3 Å². The highest BCUT2D eigenvalue weighted by Crippen LogP contribution is 2.29. The van der Waals surface area contributed by atoms with Crippen LogP contribution in [-0.2, 0) is 4.79 Å². The first-order valence-electron chi connectivity index (χ1n) is 10.1. The van der Waals surface area contributed by atoms with E-state index in [0.29, 0.717) is 30.2 Å². The van der Waals surface area contributed by atoms with E-state index in [2.05, 4.69) is 28.5 Å². The Morgan fingerprint density at radius 2 is 1.90 bits per heavy atom. The number of carbonyl (C=O) groups is 2. The molecule has 0 unspecified atom stereocenters. The highest BCUT2D eigenvalue weighted by molar-refractivity contribution is 5.97. The van der Waals surface area contributed by atoms with Crippen LogP contribution in [0.25, 0.3) is 16.5 Å². The molecular weight excluding hydrogens is 394 g/mol. The van der Waals surface area contributed by atoms with Gasteiger partial charge in [-0.3, -0.25) is 9.59 Å². The lowest BCUT2D eigenvalue weighted by Gasteiger charge is -2.26. The fraction of sp³-hybridized carbons (Fsp3) is 0.250. The summed E-state index contributed by atoms with van der Waals surface area (Å²) in [6.07, 6.45) is 4.89. The zero-order valence-electron chi connectivity index (χ0n) is 17.6. The van der Waals surface area contributed by atoms with Crippen molar-refractivity contribution in [3.8, 4) is 11.5 Å². The summed E-state index contributed by atoms with van der Waals surface area (Å²) >= 11 is 0. The van der Waals surface area contributed by atoms with E-state index < -0.39 is 0 Å². The van der Waals surface area contributed by atoms with Crippen LogP contribution in [-0.4, -0.2) is 55.6 Å². The second-order valence-corrected chi connectivity index (χ2v) is 7.32. The number of aromatic nitrogens is 1. The van der Waals surface area contributed by atoms with E-state index in [9.17, 15) is 9.59 Å². The lowest BCUT2D eigenvalue weighted by Crippen LogP contribution is -2.42. The smallest absolute Gasteiger partial charge is 0.251 e. The fourth-order valence-electron chi connectivity index (χ4n) is 3.82. The zero-order valence-corrected chi connectivity index (χ0v) is 17.6. The molecule has 4 rings (SSSR count). The Bertz CT molecular complexity index is 1150. The van der Waals surface area contributed by atoms with Gasteiger partial charge in [0.1, 0.15) is 0 Å². The van der Waals surface area contributed by atoms with Gasteiger partial charge in [0.05, 0.1) is 20.8 Å². The highest BCUT2D eigenvalue weighted by Gasteiger charge is 2.20. The summed E-state index contributed by atoms with van der Waals surface area (Å²) in [4.78, 5) is 30.1. The van der Waals surface area contributed by atoms with Gasteiger partial charge >= 0.3 is 0 Å². The Labute approximate surface area is 180 Å². The number of rotatable bonds is 6. The van der Waals surface area contributed by atoms with Crippen LogP contribution in [0.15, 0.2) is 54.7 Å². The molecule has 2 heterocycles. The number of H-pyrrole nitrogens is 1. The molecule has 0 aliphatic carbocycles. The van der Waals surface area contributed by atoms with Gasteiger partial charge in [0.15, 0.2) is 11.5 Å². The Hall–Kier alpha value is -3.74. The van der Waals surface area contributed by atoms with E-state index >= 15 is 0 Å². The fourth-order valence-corrected chi connectivity index (χ4v) is 3.82. The van der Waals surface area contributed by atoms with E-state index in [4.69, 9.17) is 9.47 Å². The van der Waals surface area contributed by atoms with Crippen molar-refractivity contribution < 1.29 is 19.1 Å². The molecule has 3 aromatic rings. The molecule has 1 aromatic heterocycles. The molecule has 1 aliphatic rings. The van der Waals surface area contributed by atoms with Gasteiger partial charge < -0.3 is 24.7 Å². The number of ether oxygens (including phenoxy) is 2. The Kier molecular flexibility index (Phi) is 5.93. The molecule has 2 aromatic carbocycles. The third-order valence-electron chi connectivity index (χ3n) is 5.54. The van der Waals surface area contributed by atoms with Crippen molar-refractivity contribution in [2.45, 2.75) is 6.42 Å². The molecule has 2 N–H and O–H groups in total. The van der Waals surface area contributed by atoms with E-state index in [0.717, 1.165) is 11.9 Å². The third kappa shape index (κ3) is 4.26. The van der Waals surface area contributed by atoms with Crippen LogP contribution >= 0.6 is 0 Å². The summed E-state index contributed by atoms with van der Waals surface area (Å²) < 4.78 is 10.4. The normalized spacial score (nSPS) is 13.6. The van der Waals surface area contributed by atoms with Gasteiger partial charge in [-0.2, -0.15) is 0 Å². The van der Waals surface area contributed by atoms with Crippen molar-refractivity contribution >= 4 is 28.3 Å². The molecule has 0 atom stereocenters. The molecule has 1 aliphatic heterocycles. The molecule has 0 saturated heterocycles. The summed E-state index contributed by atoms with van der Waals surface area (Å²) in [7, 11) is 3.05. The van der Waals surface area contributed by atoms with Crippen molar-refractivity contribution in [2.75, 3.05) is 33.9 Å². The number of benzene rings is 2. The van der Waals surface area contributed by atoms with E-state index in [1.807, 2.05) is 18.3 Å². The van der Waals surface area contributed by atoms with Crippen LogP contribution in [0.1, 0.15) is 22.3 Å². The third-order valence-corrected chi connectivity index (χ3v) is 5.54. The maximum absolute atomic E-state index is 12.6. The molecule has 0 fully saturated rings. The van der Waals surface area contributed by atoms with Crippen LogP contribution in [0.4, 0.5) is 0 Å². The number of hydrogen-bond donors (Lipinski definition) is 2. The summed E-state index contributed by atoms with van der Waals surface area (Å²) in [6, 6.07) is 13.1. The molecule has 2 amide bonds. The predicted molar refractivity (Wildman–Crippen MR) is 119 cm³/mol. The first-order valence-corrected chi connectivity index (χ1v) is 10.1. The van der Waals surface area contributed by atoms with Crippen LogP contribution < -0.4 is 14.8 Å².